The molecule has 0 spiro atoms. The van der Waals surface area contributed by atoms with E-state index in [2.05, 4.69) is 5.32 Å². The lowest BCUT2D eigenvalue weighted by Crippen LogP contribution is -2.53. The number of benzene rings is 2. The molecule has 194 valence electrons. The zero-order valence-corrected chi connectivity index (χ0v) is 21.7. The number of amides is 3. The van der Waals surface area contributed by atoms with Crippen LogP contribution < -0.4 is 5.32 Å². The summed E-state index contributed by atoms with van der Waals surface area (Å²) in [7, 11) is 5.55. The lowest BCUT2D eigenvalue weighted by molar-refractivity contribution is -0.141. The number of nitrogens with one attached hydrogen (secondary N) is 1. The summed E-state index contributed by atoms with van der Waals surface area (Å²) in [6.45, 7) is 5.09. The molecule has 9 heteroatoms. The van der Waals surface area contributed by atoms with E-state index in [0.29, 0.717) is 30.6 Å². The lowest BCUT2D eigenvalue weighted by atomic mass is 10.0. The van der Waals surface area contributed by atoms with E-state index in [1.807, 2.05) is 57.1 Å². The van der Waals surface area contributed by atoms with Crippen molar-refractivity contribution in [2.75, 3.05) is 40.8 Å². The minimum absolute atomic E-state index is 0.0103. The summed E-state index contributed by atoms with van der Waals surface area (Å²) in [5.41, 5.74) is 0.655. The van der Waals surface area contributed by atoms with Gasteiger partial charge in [-0.1, -0.05) is 38.1 Å². The van der Waals surface area contributed by atoms with Gasteiger partial charge in [-0.25, -0.2) is 0 Å². The largest absolute Gasteiger partial charge is 0.480 e. The van der Waals surface area contributed by atoms with E-state index in [-0.39, 0.29) is 24.8 Å². The number of fused-ring (bicyclic) bond motifs is 2. The van der Waals surface area contributed by atoms with E-state index in [1.54, 1.807) is 24.1 Å². The highest BCUT2D eigenvalue weighted by molar-refractivity contribution is 6.23. The number of hydrogen-bond donors (Lipinski definition) is 2. The van der Waals surface area contributed by atoms with Gasteiger partial charge >= 0.3 is 5.97 Å². The number of carboxylic acids is 1. The van der Waals surface area contributed by atoms with Gasteiger partial charge in [0, 0.05) is 26.7 Å². The van der Waals surface area contributed by atoms with E-state index in [0.717, 1.165) is 15.7 Å². The summed E-state index contributed by atoms with van der Waals surface area (Å²) >= 11 is 0. The maximum Gasteiger partial charge on any atom is 0.320 e. The number of imide groups is 1. The fourth-order valence-electron chi connectivity index (χ4n) is 4.40. The average Bonchev–Trinajstić information content (AvgIpc) is 3.05. The van der Waals surface area contributed by atoms with Gasteiger partial charge in [0.1, 0.15) is 6.04 Å². The molecule has 0 bridgehead atoms. The van der Waals surface area contributed by atoms with Gasteiger partial charge in [0.2, 0.25) is 5.91 Å². The molecule has 0 aromatic heterocycles. The molecule has 0 radical (unpaired) electrons. The third kappa shape index (κ3) is 6.27. The summed E-state index contributed by atoms with van der Waals surface area (Å²) in [5.74, 6) is -2.00. The molecule has 2 N–H and O–H groups in total. The summed E-state index contributed by atoms with van der Waals surface area (Å²) in [4.78, 5) is 55.9. The smallest absolute Gasteiger partial charge is 0.320 e. The third-order valence-electron chi connectivity index (χ3n) is 6.44. The minimum atomic E-state index is -1.13. The Balaban J connectivity index is 1.72. The Hall–Kier alpha value is -3.30. The molecule has 0 saturated heterocycles. The van der Waals surface area contributed by atoms with Crippen molar-refractivity contribution < 1.29 is 24.3 Å². The van der Waals surface area contributed by atoms with Crippen molar-refractivity contribution in [1.29, 1.82) is 0 Å². The second-order valence-electron chi connectivity index (χ2n) is 10.1. The van der Waals surface area contributed by atoms with Crippen molar-refractivity contribution in [2.45, 2.75) is 38.8 Å². The number of carboxylic acid groups (broad SMARTS) is 1. The predicted octanol–water partition coefficient (Wildman–Crippen LogP) is 2.30. The highest BCUT2D eigenvalue weighted by atomic mass is 16.4. The number of rotatable bonds is 12. The Labute approximate surface area is 212 Å². The van der Waals surface area contributed by atoms with E-state index < -0.39 is 29.9 Å². The van der Waals surface area contributed by atoms with E-state index in [4.69, 9.17) is 0 Å². The number of aliphatic carboxylic acids is 1. The minimum Gasteiger partial charge on any atom is -0.480 e. The third-order valence-corrected chi connectivity index (χ3v) is 6.44. The zero-order valence-electron chi connectivity index (χ0n) is 21.7. The summed E-state index contributed by atoms with van der Waals surface area (Å²) in [5, 5.41) is 14.6. The summed E-state index contributed by atoms with van der Waals surface area (Å²) in [6, 6.07) is 9.11. The highest BCUT2D eigenvalue weighted by Crippen LogP contribution is 2.28. The van der Waals surface area contributed by atoms with Gasteiger partial charge in [-0.05, 0) is 55.8 Å². The van der Waals surface area contributed by atoms with Gasteiger partial charge in [0.25, 0.3) is 11.8 Å². The Morgan fingerprint density at radius 1 is 0.944 bits per heavy atom. The molecule has 2 unspecified atom stereocenters. The van der Waals surface area contributed by atoms with Crippen LogP contribution in [-0.4, -0.2) is 96.4 Å². The Bertz CT molecular complexity index is 1090. The lowest BCUT2D eigenvalue weighted by Gasteiger charge is -2.29. The molecule has 1 aliphatic heterocycles. The van der Waals surface area contributed by atoms with E-state index in [9.17, 15) is 24.3 Å². The standard InChI is InChI=1S/C27H36N4O5/c1-17(2)14-23(26(34)30(5)13-12-29(3)4)28-22(27(35)36)10-11-31-24(32)20-15-18-8-6-7-9-19(18)16-21(20)25(31)33/h6-9,15-17,22-23,28H,10-14H2,1-5H3,(H,35,36). The second-order valence-corrected chi connectivity index (χ2v) is 10.1. The molecule has 9 nitrogen and oxygen atoms in total. The molecule has 2 aromatic carbocycles. The summed E-state index contributed by atoms with van der Waals surface area (Å²) in [6.07, 6.45) is 0.456. The van der Waals surface area contributed by atoms with Gasteiger partial charge in [0.05, 0.1) is 17.2 Å². The van der Waals surface area contributed by atoms with Crippen molar-refractivity contribution in [3.63, 3.8) is 0 Å². The van der Waals surface area contributed by atoms with Crippen LogP contribution in [0.3, 0.4) is 0 Å². The van der Waals surface area contributed by atoms with E-state index >= 15 is 0 Å². The summed E-state index contributed by atoms with van der Waals surface area (Å²) < 4.78 is 0. The first kappa shape index (κ1) is 27.3. The number of carbonyl (C=O) groups excluding carboxylic acids is 3. The van der Waals surface area contributed by atoms with Crippen LogP contribution in [0.2, 0.25) is 0 Å². The van der Waals surface area contributed by atoms with Crippen LogP contribution in [0.4, 0.5) is 0 Å². The first-order valence-electron chi connectivity index (χ1n) is 12.3. The molecular formula is C27H36N4O5. The second kappa shape index (κ2) is 11.6. The Morgan fingerprint density at radius 3 is 1.97 bits per heavy atom. The number of hydrogen-bond acceptors (Lipinski definition) is 6. The van der Waals surface area contributed by atoms with Gasteiger partial charge in [-0.15, -0.1) is 0 Å². The monoisotopic (exact) mass is 496 g/mol. The van der Waals surface area contributed by atoms with Crippen molar-refractivity contribution in [2.24, 2.45) is 5.92 Å². The molecule has 3 rings (SSSR count). The SMILES string of the molecule is CC(C)CC(NC(CCN1C(=O)c2cc3ccccc3cc2C1=O)C(=O)O)C(=O)N(C)CCN(C)C. The normalized spacial score (nSPS) is 15.0. The van der Waals surface area contributed by atoms with Gasteiger partial charge < -0.3 is 14.9 Å². The van der Waals surface area contributed by atoms with Gasteiger partial charge in [-0.3, -0.25) is 29.4 Å². The number of likely N-dealkylation sites (N-methyl/N-ethyl adjacent to an activating group) is 2. The molecule has 1 heterocycles. The molecule has 0 saturated carbocycles. The van der Waals surface area contributed by atoms with Crippen LogP contribution in [0.25, 0.3) is 10.8 Å². The van der Waals surface area contributed by atoms with Crippen LogP contribution in [0.1, 0.15) is 47.4 Å². The fraction of sp³-hybridized carbons (Fsp3) is 0.481. The zero-order chi connectivity index (χ0) is 26.6. The van der Waals surface area contributed by atoms with Crippen LogP contribution in [0, 0.1) is 5.92 Å². The van der Waals surface area contributed by atoms with E-state index in [1.165, 1.54) is 0 Å². The molecule has 36 heavy (non-hydrogen) atoms. The Kier molecular flexibility index (Phi) is 8.81. The Morgan fingerprint density at radius 2 is 1.50 bits per heavy atom. The van der Waals surface area contributed by atoms with Crippen molar-refractivity contribution in [3.8, 4) is 0 Å². The molecule has 2 aromatic rings. The highest BCUT2D eigenvalue weighted by Gasteiger charge is 2.37. The first-order chi connectivity index (χ1) is 17.0. The maximum absolute atomic E-state index is 13.1. The molecular weight excluding hydrogens is 460 g/mol. The topological polar surface area (TPSA) is 110 Å². The molecule has 1 aliphatic rings. The number of nitrogens with zero attached hydrogens (tertiary/aromatic N) is 3. The van der Waals surface area contributed by atoms with Crippen LogP contribution >= 0.6 is 0 Å². The molecule has 3 amide bonds. The number of carbonyl (C=O) groups is 4. The first-order valence-corrected chi connectivity index (χ1v) is 12.3. The molecule has 0 fully saturated rings. The quantitative estimate of drug-likeness (QED) is 0.434. The van der Waals surface area contributed by atoms with Crippen LogP contribution in [0.15, 0.2) is 36.4 Å². The maximum atomic E-state index is 13.1. The molecule has 0 aliphatic carbocycles. The fourth-order valence-corrected chi connectivity index (χ4v) is 4.40. The van der Waals surface area contributed by atoms with Gasteiger partial charge in [0.15, 0.2) is 0 Å². The molecule has 2 atom stereocenters. The van der Waals surface area contributed by atoms with Crippen LogP contribution in [-0.2, 0) is 9.59 Å². The van der Waals surface area contributed by atoms with Crippen molar-refractivity contribution in [1.82, 2.24) is 20.0 Å². The predicted molar refractivity (Wildman–Crippen MR) is 138 cm³/mol. The van der Waals surface area contributed by atoms with Crippen molar-refractivity contribution in [3.05, 3.63) is 47.5 Å². The van der Waals surface area contributed by atoms with Gasteiger partial charge in [-0.2, -0.15) is 0 Å². The van der Waals surface area contributed by atoms with Crippen LogP contribution in [0.5, 0.6) is 0 Å². The average molecular weight is 497 g/mol. The van der Waals surface area contributed by atoms with Crippen molar-refractivity contribution >= 4 is 34.5 Å².